The van der Waals surface area contributed by atoms with Gasteiger partial charge in [-0.3, -0.25) is 0 Å². The first kappa shape index (κ1) is 13.2. The number of nitrogens with one attached hydrogen (secondary N) is 1. The van der Waals surface area contributed by atoms with Gasteiger partial charge in [0.2, 0.25) is 0 Å². The highest BCUT2D eigenvalue weighted by Crippen LogP contribution is 2.33. The molecule has 0 bridgehead atoms. The van der Waals surface area contributed by atoms with E-state index in [0.29, 0.717) is 6.54 Å². The second-order valence-corrected chi connectivity index (χ2v) is 5.82. The van der Waals surface area contributed by atoms with Gasteiger partial charge in [-0.15, -0.1) is 0 Å². The number of hydrogen-bond donors (Lipinski definition) is 2. The van der Waals surface area contributed by atoms with Crippen molar-refractivity contribution in [2.24, 2.45) is 5.92 Å². The van der Waals surface area contributed by atoms with Crippen LogP contribution in [0.5, 0.6) is 0 Å². The molecule has 0 aromatic heterocycles. The second kappa shape index (κ2) is 6.02. The molecule has 2 nitrogen and oxygen atoms in total. The number of halogens is 1. The molecule has 1 fully saturated rings. The molecule has 0 unspecified atom stereocenters. The van der Waals surface area contributed by atoms with Gasteiger partial charge in [-0.2, -0.15) is 0 Å². The lowest BCUT2D eigenvalue weighted by Crippen LogP contribution is -2.43. The van der Waals surface area contributed by atoms with Gasteiger partial charge in [0.1, 0.15) is 0 Å². The fourth-order valence-electron chi connectivity index (χ4n) is 2.23. The van der Waals surface area contributed by atoms with Gasteiger partial charge in [0.05, 0.1) is 5.60 Å². The molecule has 0 radical (unpaired) electrons. The van der Waals surface area contributed by atoms with Crippen LogP contribution >= 0.6 is 15.9 Å². The minimum atomic E-state index is -0.478. The monoisotopic (exact) mass is 275 g/mol. The van der Waals surface area contributed by atoms with Gasteiger partial charge in [-0.05, 0) is 31.6 Å². The van der Waals surface area contributed by atoms with E-state index >= 15 is 0 Å². The van der Waals surface area contributed by atoms with E-state index in [1.54, 1.807) is 0 Å². The highest BCUT2D eigenvalue weighted by Gasteiger charge is 2.31. The third-order valence-corrected chi connectivity index (χ3v) is 3.66. The predicted molar refractivity (Wildman–Crippen MR) is 68.1 cm³/mol. The summed E-state index contributed by atoms with van der Waals surface area (Å²) in [4.78, 5) is 0. The van der Waals surface area contributed by atoms with Crippen LogP contribution in [0.3, 0.4) is 0 Å². The van der Waals surface area contributed by atoms with E-state index < -0.39 is 5.60 Å². The van der Waals surface area contributed by atoms with E-state index in [1.165, 1.54) is 19.3 Å². The molecule has 0 heterocycles. The predicted octanol–water partition coefficient (Wildman–Crippen LogP) is 2.82. The Morgan fingerprint density at radius 1 is 1.53 bits per heavy atom. The lowest BCUT2D eigenvalue weighted by atomic mass is 9.78. The van der Waals surface area contributed by atoms with Crippen molar-refractivity contribution in [3.8, 4) is 0 Å². The maximum absolute atomic E-state index is 10.3. The molecule has 0 aromatic rings. The van der Waals surface area contributed by atoms with Crippen molar-refractivity contribution >= 4 is 15.9 Å². The Morgan fingerprint density at radius 2 is 2.13 bits per heavy atom. The van der Waals surface area contributed by atoms with Gasteiger partial charge in [-0.1, -0.05) is 35.9 Å². The molecule has 0 aromatic carbocycles. The van der Waals surface area contributed by atoms with Crippen LogP contribution in [0.2, 0.25) is 0 Å². The van der Waals surface area contributed by atoms with Crippen molar-refractivity contribution in [1.29, 1.82) is 0 Å². The smallest absolute Gasteiger partial charge is 0.0771 e. The molecule has 1 rings (SSSR count). The van der Waals surface area contributed by atoms with E-state index in [-0.39, 0.29) is 0 Å². The fraction of sp³-hybridized carbons (Fsp3) is 0.833. The van der Waals surface area contributed by atoms with Gasteiger partial charge in [-0.25, -0.2) is 0 Å². The SMILES string of the molecule is C=C(Br)CNCC1(O)CCC(CC)CC1. The molecular weight excluding hydrogens is 254 g/mol. The van der Waals surface area contributed by atoms with E-state index in [9.17, 15) is 5.11 Å². The molecule has 15 heavy (non-hydrogen) atoms. The van der Waals surface area contributed by atoms with Crippen LogP contribution in [0, 0.1) is 5.92 Å². The highest BCUT2D eigenvalue weighted by molar-refractivity contribution is 9.11. The minimum Gasteiger partial charge on any atom is -0.389 e. The van der Waals surface area contributed by atoms with Gasteiger partial charge >= 0.3 is 0 Å². The van der Waals surface area contributed by atoms with Crippen LogP contribution in [-0.4, -0.2) is 23.8 Å². The Balaban J connectivity index is 2.25. The van der Waals surface area contributed by atoms with Crippen molar-refractivity contribution in [2.45, 2.75) is 44.6 Å². The molecule has 3 heteroatoms. The van der Waals surface area contributed by atoms with E-state index in [1.807, 2.05) is 0 Å². The Morgan fingerprint density at radius 3 is 2.60 bits per heavy atom. The maximum atomic E-state index is 10.3. The molecular formula is C12H22BrNO. The molecule has 0 spiro atoms. The summed E-state index contributed by atoms with van der Waals surface area (Å²) in [5.41, 5.74) is -0.478. The van der Waals surface area contributed by atoms with Crippen molar-refractivity contribution < 1.29 is 5.11 Å². The molecule has 1 aliphatic rings. The summed E-state index contributed by atoms with van der Waals surface area (Å²) in [5.74, 6) is 0.830. The van der Waals surface area contributed by atoms with Gasteiger partial charge < -0.3 is 10.4 Å². The third kappa shape index (κ3) is 4.66. The van der Waals surface area contributed by atoms with Crippen LogP contribution in [0.15, 0.2) is 11.1 Å². The molecule has 0 aliphatic heterocycles. The lowest BCUT2D eigenvalue weighted by molar-refractivity contribution is -0.00785. The van der Waals surface area contributed by atoms with E-state index in [4.69, 9.17) is 0 Å². The number of aliphatic hydroxyl groups is 1. The van der Waals surface area contributed by atoms with Crippen LogP contribution in [0.4, 0.5) is 0 Å². The van der Waals surface area contributed by atoms with Gasteiger partial charge in [0, 0.05) is 17.6 Å². The number of hydrogen-bond acceptors (Lipinski definition) is 2. The standard InChI is InChI=1S/C12H22BrNO/c1-3-11-4-6-12(15,7-5-11)9-14-8-10(2)13/h11,14-15H,2-9H2,1H3. The molecule has 0 amide bonds. The Labute approximate surface area is 101 Å². The zero-order valence-electron chi connectivity index (χ0n) is 9.56. The third-order valence-electron chi connectivity index (χ3n) is 3.38. The van der Waals surface area contributed by atoms with Crippen molar-refractivity contribution in [3.63, 3.8) is 0 Å². The molecule has 1 saturated carbocycles. The van der Waals surface area contributed by atoms with E-state index in [0.717, 1.165) is 29.8 Å². The summed E-state index contributed by atoms with van der Waals surface area (Å²) in [6.45, 7) is 7.42. The largest absolute Gasteiger partial charge is 0.389 e. The first-order valence-electron chi connectivity index (χ1n) is 5.82. The average molecular weight is 276 g/mol. The summed E-state index contributed by atoms with van der Waals surface area (Å²) >= 11 is 3.30. The van der Waals surface area contributed by atoms with Gasteiger partial charge in [0.15, 0.2) is 0 Å². The second-order valence-electron chi connectivity index (χ2n) is 4.70. The summed E-state index contributed by atoms with van der Waals surface area (Å²) < 4.78 is 0.938. The first-order valence-corrected chi connectivity index (χ1v) is 6.61. The van der Waals surface area contributed by atoms with Crippen molar-refractivity contribution in [2.75, 3.05) is 13.1 Å². The van der Waals surface area contributed by atoms with Crippen LogP contribution in [0.1, 0.15) is 39.0 Å². The van der Waals surface area contributed by atoms with E-state index in [2.05, 4.69) is 34.7 Å². The van der Waals surface area contributed by atoms with Gasteiger partial charge in [0.25, 0.3) is 0 Å². The van der Waals surface area contributed by atoms with Crippen LogP contribution in [-0.2, 0) is 0 Å². The summed E-state index contributed by atoms with van der Waals surface area (Å²) in [6, 6.07) is 0. The minimum absolute atomic E-state index is 0.478. The molecule has 2 N–H and O–H groups in total. The van der Waals surface area contributed by atoms with Crippen molar-refractivity contribution in [3.05, 3.63) is 11.1 Å². The quantitative estimate of drug-likeness (QED) is 0.809. The topological polar surface area (TPSA) is 32.3 Å². The van der Waals surface area contributed by atoms with Crippen molar-refractivity contribution in [1.82, 2.24) is 5.32 Å². The highest BCUT2D eigenvalue weighted by atomic mass is 79.9. The lowest BCUT2D eigenvalue weighted by Gasteiger charge is -2.36. The summed E-state index contributed by atoms with van der Waals surface area (Å²) in [6.07, 6.45) is 5.47. The Kier molecular flexibility index (Phi) is 5.30. The Hall–Kier alpha value is 0.140. The van der Waals surface area contributed by atoms with Crippen LogP contribution < -0.4 is 5.32 Å². The fourth-order valence-corrected chi connectivity index (χ4v) is 2.43. The molecule has 88 valence electrons. The normalized spacial score (nSPS) is 31.5. The number of rotatable bonds is 5. The zero-order chi connectivity index (χ0) is 11.3. The zero-order valence-corrected chi connectivity index (χ0v) is 11.1. The summed E-state index contributed by atoms with van der Waals surface area (Å²) in [5, 5.41) is 13.5. The molecule has 1 aliphatic carbocycles. The van der Waals surface area contributed by atoms with Crippen LogP contribution in [0.25, 0.3) is 0 Å². The summed E-state index contributed by atoms with van der Waals surface area (Å²) in [7, 11) is 0. The molecule has 0 atom stereocenters. The molecule has 0 saturated heterocycles. The Bertz CT molecular complexity index is 210. The maximum Gasteiger partial charge on any atom is 0.0771 e. The first-order chi connectivity index (χ1) is 7.06. The average Bonchev–Trinajstić information content (AvgIpc) is 2.18.